The summed E-state index contributed by atoms with van der Waals surface area (Å²) >= 11 is 5.76. The van der Waals surface area contributed by atoms with Crippen LogP contribution in [0, 0.1) is 0 Å². The van der Waals surface area contributed by atoms with Crippen molar-refractivity contribution in [3.8, 4) is 0 Å². The SMILES string of the molecule is CCCCN(N)c1ccc(Cl)cc1. The predicted octanol–water partition coefficient (Wildman–Crippen LogP) is 2.82. The van der Waals surface area contributed by atoms with E-state index < -0.39 is 0 Å². The summed E-state index contributed by atoms with van der Waals surface area (Å²) in [5.74, 6) is 5.82. The van der Waals surface area contributed by atoms with Gasteiger partial charge in [0, 0.05) is 11.6 Å². The van der Waals surface area contributed by atoms with Crippen LogP contribution in [0.1, 0.15) is 19.8 Å². The second-order valence-electron chi connectivity index (χ2n) is 3.02. The molecule has 0 atom stereocenters. The van der Waals surface area contributed by atoms with E-state index in [0.29, 0.717) is 0 Å². The standard InChI is InChI=1S/C10H15ClN2/c1-2-3-8-13(12)10-6-4-9(11)5-7-10/h4-7H,2-3,8,12H2,1H3. The minimum atomic E-state index is 0.743. The van der Waals surface area contributed by atoms with E-state index in [1.54, 1.807) is 5.01 Å². The fourth-order valence-corrected chi connectivity index (χ4v) is 1.22. The zero-order chi connectivity index (χ0) is 9.68. The highest BCUT2D eigenvalue weighted by molar-refractivity contribution is 6.30. The average Bonchev–Trinajstić information content (AvgIpc) is 2.15. The van der Waals surface area contributed by atoms with Crippen LogP contribution in [0.3, 0.4) is 0 Å². The van der Waals surface area contributed by atoms with Crippen LogP contribution >= 0.6 is 11.6 Å². The molecular formula is C10H15ClN2. The quantitative estimate of drug-likeness (QED) is 0.596. The molecule has 1 rings (SSSR count). The number of rotatable bonds is 4. The summed E-state index contributed by atoms with van der Waals surface area (Å²) < 4.78 is 0. The molecule has 0 spiro atoms. The van der Waals surface area contributed by atoms with Crippen molar-refractivity contribution in [3.63, 3.8) is 0 Å². The van der Waals surface area contributed by atoms with Gasteiger partial charge in [0.2, 0.25) is 0 Å². The molecule has 13 heavy (non-hydrogen) atoms. The number of benzene rings is 1. The Labute approximate surface area is 84.3 Å². The molecule has 0 radical (unpaired) electrons. The lowest BCUT2D eigenvalue weighted by Crippen LogP contribution is -2.31. The van der Waals surface area contributed by atoms with E-state index in [-0.39, 0.29) is 0 Å². The Morgan fingerprint density at radius 1 is 1.31 bits per heavy atom. The van der Waals surface area contributed by atoms with Gasteiger partial charge in [-0.15, -0.1) is 0 Å². The van der Waals surface area contributed by atoms with Crippen LogP contribution in [-0.2, 0) is 0 Å². The third kappa shape index (κ3) is 3.25. The van der Waals surface area contributed by atoms with Gasteiger partial charge in [0.25, 0.3) is 0 Å². The number of halogens is 1. The summed E-state index contributed by atoms with van der Waals surface area (Å²) in [5, 5.41) is 2.49. The highest BCUT2D eigenvalue weighted by Crippen LogP contribution is 2.15. The molecular weight excluding hydrogens is 184 g/mol. The fraction of sp³-hybridized carbons (Fsp3) is 0.400. The molecule has 3 heteroatoms. The highest BCUT2D eigenvalue weighted by atomic mass is 35.5. The fourth-order valence-electron chi connectivity index (χ4n) is 1.09. The van der Waals surface area contributed by atoms with Crippen molar-refractivity contribution in [3.05, 3.63) is 29.3 Å². The lowest BCUT2D eigenvalue weighted by Gasteiger charge is -2.17. The van der Waals surface area contributed by atoms with Crippen molar-refractivity contribution in [1.82, 2.24) is 0 Å². The third-order valence-corrected chi connectivity index (χ3v) is 2.16. The van der Waals surface area contributed by atoms with Crippen molar-refractivity contribution >= 4 is 17.3 Å². The summed E-state index contributed by atoms with van der Waals surface area (Å²) in [7, 11) is 0. The van der Waals surface area contributed by atoms with Crippen LogP contribution in [0.2, 0.25) is 5.02 Å². The Balaban J connectivity index is 2.55. The van der Waals surface area contributed by atoms with Gasteiger partial charge in [0.15, 0.2) is 0 Å². The predicted molar refractivity (Wildman–Crippen MR) is 57.9 cm³/mol. The molecule has 2 nitrogen and oxygen atoms in total. The van der Waals surface area contributed by atoms with E-state index in [0.717, 1.165) is 30.1 Å². The lowest BCUT2D eigenvalue weighted by atomic mass is 10.3. The molecule has 1 aromatic rings. The molecule has 0 amide bonds. The van der Waals surface area contributed by atoms with Gasteiger partial charge >= 0.3 is 0 Å². The van der Waals surface area contributed by atoms with Crippen molar-refractivity contribution in [2.45, 2.75) is 19.8 Å². The van der Waals surface area contributed by atoms with Crippen molar-refractivity contribution in [2.24, 2.45) is 5.84 Å². The van der Waals surface area contributed by atoms with Crippen LogP contribution in [0.25, 0.3) is 0 Å². The van der Waals surface area contributed by atoms with E-state index in [2.05, 4.69) is 6.92 Å². The Morgan fingerprint density at radius 3 is 2.46 bits per heavy atom. The molecule has 0 aliphatic heterocycles. The number of nitrogens with zero attached hydrogens (tertiary/aromatic N) is 1. The smallest absolute Gasteiger partial charge is 0.0518 e. The second-order valence-corrected chi connectivity index (χ2v) is 3.46. The minimum absolute atomic E-state index is 0.743. The molecule has 0 fully saturated rings. The van der Waals surface area contributed by atoms with Crippen molar-refractivity contribution < 1.29 is 0 Å². The van der Waals surface area contributed by atoms with E-state index in [4.69, 9.17) is 17.4 Å². The van der Waals surface area contributed by atoms with Crippen LogP contribution in [-0.4, -0.2) is 6.54 Å². The van der Waals surface area contributed by atoms with Crippen molar-refractivity contribution in [2.75, 3.05) is 11.6 Å². The zero-order valence-corrected chi connectivity index (χ0v) is 8.59. The molecule has 0 bridgehead atoms. The maximum Gasteiger partial charge on any atom is 0.0518 e. The van der Waals surface area contributed by atoms with Crippen LogP contribution in [0.15, 0.2) is 24.3 Å². The Hall–Kier alpha value is -0.730. The summed E-state index contributed by atoms with van der Waals surface area (Å²) in [6.45, 7) is 3.04. The van der Waals surface area contributed by atoms with Crippen LogP contribution in [0.5, 0.6) is 0 Å². The van der Waals surface area contributed by atoms with Gasteiger partial charge in [-0.1, -0.05) is 24.9 Å². The van der Waals surface area contributed by atoms with E-state index in [1.807, 2.05) is 24.3 Å². The minimum Gasteiger partial charge on any atom is -0.311 e. The van der Waals surface area contributed by atoms with Gasteiger partial charge in [-0.05, 0) is 30.7 Å². The van der Waals surface area contributed by atoms with Gasteiger partial charge < -0.3 is 5.01 Å². The number of hydrogen-bond donors (Lipinski definition) is 1. The van der Waals surface area contributed by atoms with Gasteiger partial charge in [-0.25, -0.2) is 5.84 Å². The first-order valence-corrected chi connectivity index (χ1v) is 4.89. The largest absolute Gasteiger partial charge is 0.311 e. The summed E-state index contributed by atoms with van der Waals surface area (Å²) in [6, 6.07) is 7.56. The first-order valence-electron chi connectivity index (χ1n) is 4.52. The number of anilines is 1. The lowest BCUT2D eigenvalue weighted by molar-refractivity contribution is 0.738. The summed E-state index contributed by atoms with van der Waals surface area (Å²) in [4.78, 5) is 0. The molecule has 0 aliphatic carbocycles. The second kappa shape index (κ2) is 5.10. The average molecular weight is 199 g/mol. The molecule has 0 aromatic heterocycles. The normalized spacial score (nSPS) is 10.1. The van der Waals surface area contributed by atoms with Gasteiger partial charge in [0.1, 0.15) is 0 Å². The maximum atomic E-state index is 5.82. The summed E-state index contributed by atoms with van der Waals surface area (Å²) in [5.41, 5.74) is 1.01. The van der Waals surface area contributed by atoms with Crippen LogP contribution in [0.4, 0.5) is 5.69 Å². The Kier molecular flexibility index (Phi) is 4.06. The molecule has 2 N–H and O–H groups in total. The molecule has 0 saturated carbocycles. The Bertz CT molecular complexity index is 246. The van der Waals surface area contributed by atoms with Gasteiger partial charge in [-0.3, -0.25) is 0 Å². The topological polar surface area (TPSA) is 29.3 Å². The first-order chi connectivity index (χ1) is 6.24. The number of nitrogens with two attached hydrogens (primary N) is 1. The first kappa shape index (κ1) is 10.4. The van der Waals surface area contributed by atoms with E-state index in [9.17, 15) is 0 Å². The molecule has 0 heterocycles. The molecule has 1 aromatic carbocycles. The van der Waals surface area contributed by atoms with Gasteiger partial charge in [-0.2, -0.15) is 0 Å². The Morgan fingerprint density at radius 2 is 1.92 bits per heavy atom. The number of unbranched alkanes of at least 4 members (excludes halogenated alkanes) is 1. The number of hydrazine groups is 1. The van der Waals surface area contributed by atoms with E-state index in [1.165, 1.54) is 0 Å². The molecule has 0 unspecified atom stereocenters. The van der Waals surface area contributed by atoms with Crippen molar-refractivity contribution in [1.29, 1.82) is 0 Å². The molecule has 72 valence electrons. The third-order valence-electron chi connectivity index (χ3n) is 1.91. The monoisotopic (exact) mass is 198 g/mol. The number of hydrogen-bond acceptors (Lipinski definition) is 2. The highest BCUT2D eigenvalue weighted by Gasteiger charge is 1.99. The van der Waals surface area contributed by atoms with Crippen LogP contribution < -0.4 is 10.9 Å². The zero-order valence-electron chi connectivity index (χ0n) is 7.83. The maximum absolute atomic E-state index is 5.82. The molecule has 0 saturated heterocycles. The summed E-state index contributed by atoms with van der Waals surface area (Å²) in [6.07, 6.45) is 2.26. The van der Waals surface area contributed by atoms with E-state index >= 15 is 0 Å². The van der Waals surface area contributed by atoms with Gasteiger partial charge in [0.05, 0.1) is 5.69 Å². The molecule has 0 aliphatic rings.